The highest BCUT2D eigenvalue weighted by atomic mass is 32.2. The number of amides is 2. The molecule has 2 heterocycles. The molecule has 3 rings (SSSR count). The van der Waals surface area contributed by atoms with Gasteiger partial charge in [-0.2, -0.15) is 0 Å². The highest BCUT2D eigenvalue weighted by molar-refractivity contribution is 7.89. The summed E-state index contributed by atoms with van der Waals surface area (Å²) < 4.78 is 43.4. The molecule has 14 nitrogen and oxygen atoms in total. The number of rotatable bonds is 14. The van der Waals surface area contributed by atoms with E-state index >= 15 is 0 Å². The fourth-order valence-electron chi connectivity index (χ4n) is 5.08. The molecule has 0 aromatic heterocycles. The zero-order valence-electron chi connectivity index (χ0n) is 25.8. The van der Waals surface area contributed by atoms with Crippen molar-refractivity contribution < 1.29 is 42.1 Å². The van der Waals surface area contributed by atoms with Gasteiger partial charge in [0.2, 0.25) is 10.0 Å². The second-order valence-corrected chi connectivity index (χ2v) is 13.9. The molecule has 0 radical (unpaired) electrons. The van der Waals surface area contributed by atoms with Crippen LogP contribution in [0.1, 0.15) is 58.9 Å². The summed E-state index contributed by atoms with van der Waals surface area (Å²) in [6.45, 7) is 8.67. The summed E-state index contributed by atoms with van der Waals surface area (Å²) in [5, 5.41) is 24.0. The number of ether oxygens (including phenoxy) is 3. The molecule has 0 saturated carbocycles. The SMILES string of the molecule is CCCCS(=O)(=O)NC(Cc1ccc(OCC2CN(C(C(=N)NC(=O)OC(C)(C)C)C3CCNCC3)C(=O)O2)cc1)C(=O)O. The number of carboxylic acids is 1. The summed E-state index contributed by atoms with van der Waals surface area (Å²) in [6.07, 6.45) is 0.493. The molecule has 5 N–H and O–H groups in total. The lowest BCUT2D eigenvalue weighted by molar-refractivity contribution is -0.138. The Labute approximate surface area is 258 Å². The van der Waals surface area contributed by atoms with Crippen molar-refractivity contribution in [2.75, 3.05) is 32.0 Å². The van der Waals surface area contributed by atoms with Crippen LogP contribution in [0.15, 0.2) is 24.3 Å². The van der Waals surface area contributed by atoms with E-state index in [4.69, 9.17) is 19.6 Å². The van der Waals surface area contributed by atoms with E-state index in [9.17, 15) is 27.9 Å². The molecule has 2 amide bonds. The van der Waals surface area contributed by atoms with Crippen LogP contribution in [-0.4, -0.2) is 98.2 Å². The molecular weight excluding hydrogens is 594 g/mol. The Morgan fingerprint density at radius 2 is 1.86 bits per heavy atom. The summed E-state index contributed by atoms with van der Waals surface area (Å²) in [5.74, 6) is -1.15. The van der Waals surface area contributed by atoms with E-state index < -0.39 is 52.0 Å². The molecule has 1 aromatic rings. The average Bonchev–Trinajstić information content (AvgIpc) is 3.30. The third kappa shape index (κ3) is 10.9. The summed E-state index contributed by atoms with van der Waals surface area (Å²) in [5.41, 5.74) is -0.145. The fraction of sp³-hybridized carbons (Fsp3) is 0.655. The Bertz CT molecular complexity index is 1260. The number of hydrogen-bond acceptors (Lipinski definition) is 10. The number of hydrogen-bond donors (Lipinski definition) is 5. The number of cyclic esters (lactones) is 1. The number of carbonyl (C=O) groups excluding carboxylic acids is 2. The normalized spacial score (nSPS) is 19.1. The first-order chi connectivity index (χ1) is 20.7. The molecule has 2 aliphatic rings. The quantitative estimate of drug-likeness (QED) is 0.149. The predicted molar refractivity (Wildman–Crippen MR) is 162 cm³/mol. The van der Waals surface area contributed by atoms with Crippen LogP contribution in [0.3, 0.4) is 0 Å². The van der Waals surface area contributed by atoms with Gasteiger partial charge in [0.25, 0.3) is 0 Å². The molecule has 15 heteroatoms. The van der Waals surface area contributed by atoms with Crippen molar-refractivity contribution in [3.05, 3.63) is 29.8 Å². The number of amidine groups is 1. The lowest BCUT2D eigenvalue weighted by Gasteiger charge is -2.35. The van der Waals surface area contributed by atoms with Gasteiger partial charge in [0, 0.05) is 0 Å². The maximum absolute atomic E-state index is 13.0. The van der Waals surface area contributed by atoms with Crippen molar-refractivity contribution in [1.29, 1.82) is 5.41 Å². The maximum Gasteiger partial charge on any atom is 0.413 e. The first-order valence-electron chi connectivity index (χ1n) is 14.9. The van der Waals surface area contributed by atoms with Crippen LogP contribution in [-0.2, 0) is 30.7 Å². The van der Waals surface area contributed by atoms with Crippen molar-refractivity contribution in [2.45, 2.75) is 83.6 Å². The molecule has 44 heavy (non-hydrogen) atoms. The van der Waals surface area contributed by atoms with E-state index in [1.807, 2.05) is 6.92 Å². The van der Waals surface area contributed by atoms with Gasteiger partial charge in [0.05, 0.1) is 18.3 Å². The maximum atomic E-state index is 13.0. The third-order valence-electron chi connectivity index (χ3n) is 7.19. The molecule has 0 bridgehead atoms. The van der Waals surface area contributed by atoms with Gasteiger partial charge in [-0.3, -0.25) is 20.4 Å². The second-order valence-electron chi connectivity index (χ2n) is 12.1. The third-order valence-corrected chi connectivity index (χ3v) is 8.66. The molecule has 0 spiro atoms. The molecular formula is C29H45N5O9S. The minimum Gasteiger partial charge on any atom is -0.490 e. The summed E-state index contributed by atoms with van der Waals surface area (Å²) in [6, 6.07) is 4.55. The summed E-state index contributed by atoms with van der Waals surface area (Å²) in [4.78, 5) is 38.5. The number of benzene rings is 1. The minimum absolute atomic E-state index is 0.0301. The van der Waals surface area contributed by atoms with Crippen LogP contribution in [0.25, 0.3) is 0 Å². The summed E-state index contributed by atoms with van der Waals surface area (Å²) >= 11 is 0. The van der Waals surface area contributed by atoms with Crippen molar-refractivity contribution in [3.8, 4) is 5.75 Å². The number of alkyl carbamates (subject to hydrolysis) is 1. The van der Waals surface area contributed by atoms with Crippen LogP contribution in [0.4, 0.5) is 9.59 Å². The number of carboxylic acid groups (broad SMARTS) is 1. The topological polar surface area (TPSA) is 196 Å². The lowest BCUT2D eigenvalue weighted by Crippen LogP contribution is -2.55. The molecule has 1 aromatic carbocycles. The Hall–Kier alpha value is -3.43. The van der Waals surface area contributed by atoms with Crippen LogP contribution in [0.2, 0.25) is 0 Å². The molecule has 0 aliphatic carbocycles. The van der Waals surface area contributed by atoms with Crippen molar-refractivity contribution in [1.82, 2.24) is 20.3 Å². The summed E-state index contributed by atoms with van der Waals surface area (Å²) in [7, 11) is -3.72. The number of nitrogens with one attached hydrogen (secondary N) is 4. The zero-order valence-corrected chi connectivity index (χ0v) is 26.6. The highest BCUT2D eigenvalue weighted by Crippen LogP contribution is 2.27. The van der Waals surface area contributed by atoms with Gasteiger partial charge in [-0.05, 0) is 83.2 Å². The highest BCUT2D eigenvalue weighted by Gasteiger charge is 2.43. The van der Waals surface area contributed by atoms with E-state index in [2.05, 4.69) is 15.4 Å². The van der Waals surface area contributed by atoms with Crippen LogP contribution in [0, 0.1) is 11.3 Å². The second kappa shape index (κ2) is 15.5. The van der Waals surface area contributed by atoms with E-state index in [1.54, 1.807) is 45.0 Å². The van der Waals surface area contributed by atoms with Crippen molar-refractivity contribution in [3.63, 3.8) is 0 Å². The molecule has 2 fully saturated rings. The van der Waals surface area contributed by atoms with Gasteiger partial charge < -0.3 is 24.6 Å². The van der Waals surface area contributed by atoms with Gasteiger partial charge in [-0.25, -0.2) is 22.7 Å². The average molecular weight is 640 g/mol. The van der Waals surface area contributed by atoms with E-state index in [1.165, 1.54) is 4.90 Å². The Morgan fingerprint density at radius 3 is 2.45 bits per heavy atom. The fourth-order valence-corrected chi connectivity index (χ4v) is 6.49. The first-order valence-corrected chi connectivity index (χ1v) is 16.5. The van der Waals surface area contributed by atoms with Crippen LogP contribution < -0.4 is 20.1 Å². The number of sulfonamides is 1. The number of carbonyl (C=O) groups is 3. The number of unbranched alkanes of at least 4 members (excludes halogenated alkanes) is 1. The zero-order chi connectivity index (χ0) is 32.5. The van der Waals surface area contributed by atoms with Gasteiger partial charge in [-0.15, -0.1) is 0 Å². The Kier molecular flexibility index (Phi) is 12.4. The standard InChI is InChI=1S/C29H45N5O9S/c1-5-6-15-44(39,40)33-23(26(35)36)16-19-7-9-21(10-8-19)41-18-22-17-34(28(38)42-22)24(20-11-13-31-14-12-20)25(30)32-27(37)43-29(2,3)4/h7-10,20,22-24,31,33H,5-6,11-18H2,1-4H3,(H,35,36)(H2,30,32,37). The van der Waals surface area contributed by atoms with Gasteiger partial charge in [0.15, 0.2) is 6.10 Å². The first kappa shape index (κ1) is 35.1. The van der Waals surface area contributed by atoms with Crippen molar-refractivity contribution >= 4 is 34.0 Å². The largest absolute Gasteiger partial charge is 0.490 e. The monoisotopic (exact) mass is 639 g/mol. The Morgan fingerprint density at radius 1 is 1.20 bits per heavy atom. The van der Waals surface area contributed by atoms with Crippen molar-refractivity contribution in [2.24, 2.45) is 5.92 Å². The predicted octanol–water partition coefficient (Wildman–Crippen LogP) is 2.47. The number of nitrogens with zero attached hydrogens (tertiary/aromatic N) is 1. The lowest BCUT2D eigenvalue weighted by atomic mass is 9.88. The molecule has 246 valence electrons. The van der Waals surface area contributed by atoms with E-state index in [0.717, 1.165) is 13.1 Å². The van der Waals surface area contributed by atoms with Gasteiger partial charge >= 0.3 is 18.2 Å². The number of piperidine rings is 1. The van der Waals surface area contributed by atoms with Gasteiger partial charge in [-0.1, -0.05) is 25.5 Å². The van der Waals surface area contributed by atoms with Crippen LogP contribution in [0.5, 0.6) is 5.75 Å². The Balaban J connectivity index is 1.60. The van der Waals surface area contributed by atoms with E-state index in [0.29, 0.717) is 37.0 Å². The number of aliphatic carboxylic acids is 1. The van der Waals surface area contributed by atoms with Crippen LogP contribution >= 0.6 is 0 Å². The molecule has 3 atom stereocenters. The van der Waals surface area contributed by atoms with E-state index in [-0.39, 0.29) is 37.1 Å². The van der Waals surface area contributed by atoms with Gasteiger partial charge in [0.1, 0.15) is 29.8 Å². The minimum atomic E-state index is -3.72. The molecule has 3 unspecified atom stereocenters. The smallest absolute Gasteiger partial charge is 0.413 e. The molecule has 2 saturated heterocycles. The molecule has 2 aliphatic heterocycles.